The fourth-order valence-electron chi connectivity index (χ4n) is 5.04. The van der Waals surface area contributed by atoms with Gasteiger partial charge in [-0.15, -0.1) is 0 Å². The molecule has 4 atom stereocenters. The lowest BCUT2D eigenvalue weighted by molar-refractivity contribution is -0.143. The van der Waals surface area contributed by atoms with E-state index in [2.05, 4.69) is 28.1 Å². The zero-order valence-corrected chi connectivity index (χ0v) is 25.9. The van der Waals surface area contributed by atoms with Gasteiger partial charge in [0.1, 0.15) is 17.9 Å². The number of nitrogens with zero attached hydrogens (tertiary/aromatic N) is 1. The highest BCUT2D eigenvalue weighted by atomic mass is 35.5. The number of rotatable bonds is 3. The van der Waals surface area contributed by atoms with Gasteiger partial charge in [-0.05, 0) is 61.8 Å². The molecule has 2 aliphatic rings. The van der Waals surface area contributed by atoms with Crippen molar-refractivity contribution in [2.24, 2.45) is 5.92 Å². The number of benzene rings is 2. The molecule has 2 aromatic carbocycles. The van der Waals surface area contributed by atoms with Gasteiger partial charge in [0, 0.05) is 25.2 Å². The van der Waals surface area contributed by atoms with Crippen LogP contribution in [0.5, 0.6) is 5.75 Å². The fourth-order valence-corrected chi connectivity index (χ4v) is 5.16. The number of hydrogen-bond donors (Lipinski definition) is 4. The van der Waals surface area contributed by atoms with Crippen LogP contribution in [0.1, 0.15) is 49.8 Å². The summed E-state index contributed by atoms with van der Waals surface area (Å²) in [5.74, 6) is -0.212. The van der Waals surface area contributed by atoms with E-state index >= 15 is 0 Å². The first-order valence-electron chi connectivity index (χ1n) is 14.8. The van der Waals surface area contributed by atoms with Crippen LogP contribution < -0.4 is 20.7 Å². The summed E-state index contributed by atoms with van der Waals surface area (Å²) < 4.78 is 6.38. The van der Waals surface area contributed by atoms with Gasteiger partial charge in [-0.1, -0.05) is 67.8 Å². The van der Waals surface area contributed by atoms with Crippen LogP contribution in [0.15, 0.2) is 42.5 Å². The minimum absolute atomic E-state index is 0.0140. The van der Waals surface area contributed by atoms with Crippen LogP contribution in [0.25, 0.3) is 0 Å². The summed E-state index contributed by atoms with van der Waals surface area (Å²) >= 11 is 5.61. The minimum atomic E-state index is -1.08. The third-order valence-electron chi connectivity index (χ3n) is 7.91. The van der Waals surface area contributed by atoms with Gasteiger partial charge in [-0.2, -0.15) is 0 Å². The van der Waals surface area contributed by atoms with Crippen LogP contribution in [0.2, 0.25) is 5.02 Å². The van der Waals surface area contributed by atoms with E-state index in [-0.39, 0.29) is 30.4 Å². The molecule has 4 N–H and O–H groups in total. The molecule has 230 valence electrons. The highest BCUT2D eigenvalue weighted by Crippen LogP contribution is 2.32. The van der Waals surface area contributed by atoms with Crippen molar-refractivity contribution in [2.75, 3.05) is 33.3 Å². The molecule has 2 heterocycles. The second kappa shape index (κ2) is 16.5. The van der Waals surface area contributed by atoms with Crippen molar-refractivity contribution in [2.45, 2.75) is 71.1 Å². The molecule has 2 aromatic rings. The van der Waals surface area contributed by atoms with Gasteiger partial charge in [0.2, 0.25) is 17.7 Å². The molecule has 0 spiro atoms. The molecule has 4 unspecified atom stereocenters. The number of halogens is 1. The summed E-state index contributed by atoms with van der Waals surface area (Å²) in [5.41, 5.74) is 3.55. The Labute approximate surface area is 254 Å². The van der Waals surface area contributed by atoms with Crippen LogP contribution in [-0.4, -0.2) is 79.2 Å². The second-order valence-corrected chi connectivity index (χ2v) is 11.5. The molecule has 9 nitrogen and oxygen atoms in total. The third-order valence-corrected chi connectivity index (χ3v) is 8.16. The molecular weight excluding hydrogens is 556 g/mol. The average molecular weight is 601 g/mol. The number of amides is 3. The quantitative estimate of drug-likeness (QED) is 0.430. The fraction of sp³-hybridized carbons (Fsp3) is 0.531. The molecule has 0 fully saturated rings. The van der Waals surface area contributed by atoms with Crippen LogP contribution >= 0.6 is 11.6 Å². The summed E-state index contributed by atoms with van der Waals surface area (Å²) in [6.07, 6.45) is 3.95. The molecule has 2 bridgehead atoms. The van der Waals surface area contributed by atoms with E-state index in [0.29, 0.717) is 13.1 Å². The molecule has 2 aliphatic heterocycles. The Bertz CT molecular complexity index is 1170. The maximum absolute atomic E-state index is 13.4. The number of carbonyl (C=O) groups excluding carboxylic acids is 3. The minimum Gasteiger partial charge on any atom is -0.489 e. The summed E-state index contributed by atoms with van der Waals surface area (Å²) in [7, 11) is 1.51. The highest BCUT2D eigenvalue weighted by molar-refractivity contribution is 6.30. The third kappa shape index (κ3) is 9.44. The number of aryl methyl sites for hydroxylation is 3. The van der Waals surface area contributed by atoms with E-state index < -0.39 is 24.6 Å². The van der Waals surface area contributed by atoms with Gasteiger partial charge in [-0.25, -0.2) is 0 Å². The van der Waals surface area contributed by atoms with E-state index in [9.17, 15) is 19.5 Å². The zero-order chi connectivity index (χ0) is 30.6. The first-order chi connectivity index (χ1) is 20.1. The van der Waals surface area contributed by atoms with E-state index in [1.807, 2.05) is 51.1 Å². The Balaban J connectivity index is 0.000000521. The summed E-state index contributed by atoms with van der Waals surface area (Å²) in [6.45, 7) is 6.28. The molecule has 10 heteroatoms. The molecule has 0 saturated carbocycles. The molecule has 0 radical (unpaired) electrons. The number of ether oxygens (including phenoxy) is 1. The lowest BCUT2D eigenvalue weighted by Gasteiger charge is -2.34. The lowest BCUT2D eigenvalue weighted by atomic mass is 9.95. The van der Waals surface area contributed by atoms with Crippen LogP contribution in [0.3, 0.4) is 0 Å². The van der Waals surface area contributed by atoms with E-state index in [4.69, 9.17) is 16.3 Å². The summed E-state index contributed by atoms with van der Waals surface area (Å²) in [6, 6.07) is 12.3. The van der Waals surface area contributed by atoms with Crippen molar-refractivity contribution < 1.29 is 24.2 Å². The van der Waals surface area contributed by atoms with Gasteiger partial charge in [0.15, 0.2) is 0 Å². The normalized spacial score (nSPS) is 22.8. The molecular formula is C32H45ClN4O5. The smallest absolute Gasteiger partial charge is 0.245 e. The largest absolute Gasteiger partial charge is 0.489 e. The first kappa shape index (κ1) is 33.4. The van der Waals surface area contributed by atoms with Crippen LogP contribution in [0.4, 0.5) is 0 Å². The number of carbonyl (C=O) groups is 3. The predicted octanol–water partition coefficient (Wildman–Crippen LogP) is 3.03. The van der Waals surface area contributed by atoms with Crippen molar-refractivity contribution >= 4 is 29.3 Å². The monoisotopic (exact) mass is 600 g/mol. The lowest BCUT2D eigenvalue weighted by Crippen LogP contribution is -2.57. The molecule has 0 aromatic heterocycles. The number of nitrogens with one attached hydrogen (secondary N) is 3. The standard InChI is InChI=1S/C25H38N4O5.C7H7Cl/c1-4-16(2)22-25(33)29(3)20(15-30)24(32)28-14-21(31)26-12-6-9-17-7-5-8-18-10-11-19(13-27-22)34-23(17)18;1-6-2-4-7(8)5-3-6/h5,7-8,16,19-20,22,27,30H,4,6,9-15H2,1-3H3,(H,26,31)(H,28,32);2-5H,1H3. The Morgan fingerprint density at radius 2 is 1.76 bits per heavy atom. The predicted molar refractivity (Wildman–Crippen MR) is 165 cm³/mol. The average Bonchev–Trinajstić information content (AvgIpc) is 2.99. The van der Waals surface area contributed by atoms with Crippen molar-refractivity contribution in [3.63, 3.8) is 0 Å². The Morgan fingerprint density at radius 3 is 2.40 bits per heavy atom. The van der Waals surface area contributed by atoms with E-state index in [1.165, 1.54) is 23.1 Å². The Hall–Kier alpha value is -3.14. The molecule has 0 saturated heterocycles. The van der Waals surface area contributed by atoms with Gasteiger partial charge < -0.3 is 30.7 Å². The molecule has 0 aliphatic carbocycles. The SMILES string of the molecule is CCC(C)C1NCC2CCc3cccc(c3O2)CCCNC(=O)CNC(=O)C(CO)N(C)C1=O.Cc1ccc(Cl)cc1. The van der Waals surface area contributed by atoms with Gasteiger partial charge in [0.25, 0.3) is 0 Å². The van der Waals surface area contributed by atoms with Crippen LogP contribution in [-0.2, 0) is 27.2 Å². The van der Waals surface area contributed by atoms with Gasteiger partial charge >= 0.3 is 0 Å². The number of aliphatic hydroxyl groups excluding tert-OH is 1. The highest BCUT2D eigenvalue weighted by Gasteiger charge is 2.34. The first-order valence-corrected chi connectivity index (χ1v) is 15.2. The van der Waals surface area contributed by atoms with E-state index in [1.54, 1.807) is 0 Å². The Morgan fingerprint density at radius 1 is 1.07 bits per heavy atom. The topological polar surface area (TPSA) is 120 Å². The molecule has 42 heavy (non-hydrogen) atoms. The molecule has 3 amide bonds. The number of aliphatic hydroxyl groups is 1. The number of fused-ring (bicyclic) bond motifs is 1. The maximum atomic E-state index is 13.4. The van der Waals surface area contributed by atoms with Crippen molar-refractivity contribution in [3.8, 4) is 5.75 Å². The second-order valence-electron chi connectivity index (χ2n) is 11.1. The van der Waals surface area contributed by atoms with Crippen LogP contribution in [0, 0.1) is 12.8 Å². The van der Waals surface area contributed by atoms with Crippen molar-refractivity contribution in [1.82, 2.24) is 20.9 Å². The van der Waals surface area contributed by atoms with Crippen molar-refractivity contribution in [1.29, 1.82) is 0 Å². The summed E-state index contributed by atoms with van der Waals surface area (Å²) in [5, 5.41) is 19.4. The van der Waals surface area contributed by atoms with Gasteiger partial charge in [0.05, 0.1) is 19.2 Å². The maximum Gasteiger partial charge on any atom is 0.245 e. The van der Waals surface area contributed by atoms with E-state index in [0.717, 1.165) is 48.4 Å². The Kier molecular flexibility index (Phi) is 13.1. The number of likely N-dealkylation sites (N-methyl/N-ethyl adjacent to an activating group) is 1. The number of hydrogen-bond acceptors (Lipinski definition) is 6. The zero-order valence-electron chi connectivity index (χ0n) is 25.1. The van der Waals surface area contributed by atoms with Gasteiger partial charge in [-0.3, -0.25) is 14.4 Å². The number of para-hydroxylation sites is 1. The summed E-state index contributed by atoms with van der Waals surface area (Å²) in [4.78, 5) is 39.5. The van der Waals surface area contributed by atoms with Crippen molar-refractivity contribution in [3.05, 3.63) is 64.2 Å². The molecule has 4 rings (SSSR count).